The van der Waals surface area contributed by atoms with Gasteiger partial charge in [0.25, 0.3) is 0 Å². The van der Waals surface area contributed by atoms with Gasteiger partial charge in [0.2, 0.25) is 5.91 Å². The van der Waals surface area contributed by atoms with Crippen LogP contribution in [0.3, 0.4) is 0 Å². The first kappa shape index (κ1) is 14.1. The molecule has 3 N–H and O–H groups in total. The molecule has 0 atom stereocenters. The van der Waals surface area contributed by atoms with Crippen LogP contribution in [-0.2, 0) is 4.79 Å². The highest BCUT2D eigenvalue weighted by Gasteiger charge is 2.33. The van der Waals surface area contributed by atoms with Crippen LogP contribution in [-0.4, -0.2) is 17.4 Å². The SMILES string of the molecule is CCC(CC)(CN)C(=O)Nc1cccnc1Br. The average Bonchev–Trinajstić information content (AvgIpc) is 2.35. The summed E-state index contributed by atoms with van der Waals surface area (Å²) in [6.07, 6.45) is 3.11. The molecular weight excluding hydrogens is 282 g/mol. The van der Waals surface area contributed by atoms with Crippen molar-refractivity contribution in [3.8, 4) is 0 Å². The number of rotatable bonds is 5. The van der Waals surface area contributed by atoms with Crippen molar-refractivity contribution in [1.82, 2.24) is 4.98 Å². The molecule has 0 bridgehead atoms. The standard InChI is InChI=1S/C12H18BrN3O/c1-3-12(4-2,8-14)11(17)16-9-6-5-7-15-10(9)13/h5-7H,3-4,8,14H2,1-2H3,(H,16,17). The Labute approximate surface area is 110 Å². The van der Waals surface area contributed by atoms with E-state index in [4.69, 9.17) is 5.73 Å². The molecule has 1 amide bonds. The molecule has 1 heterocycles. The van der Waals surface area contributed by atoms with Crippen molar-refractivity contribution >= 4 is 27.5 Å². The summed E-state index contributed by atoms with van der Waals surface area (Å²) in [6, 6.07) is 3.59. The highest BCUT2D eigenvalue weighted by atomic mass is 79.9. The molecule has 0 radical (unpaired) electrons. The second-order valence-corrected chi connectivity index (χ2v) is 4.74. The Kier molecular flexibility index (Phi) is 5.08. The molecule has 4 nitrogen and oxygen atoms in total. The predicted octanol–water partition coefficient (Wildman–Crippen LogP) is 2.55. The lowest BCUT2D eigenvalue weighted by Crippen LogP contribution is -2.41. The Morgan fingerprint density at radius 3 is 2.65 bits per heavy atom. The van der Waals surface area contributed by atoms with Gasteiger partial charge >= 0.3 is 0 Å². The van der Waals surface area contributed by atoms with Crippen molar-refractivity contribution in [3.05, 3.63) is 22.9 Å². The van der Waals surface area contributed by atoms with Gasteiger partial charge in [-0.15, -0.1) is 0 Å². The molecule has 0 aromatic carbocycles. The Morgan fingerprint density at radius 1 is 1.53 bits per heavy atom. The summed E-state index contributed by atoms with van der Waals surface area (Å²) in [4.78, 5) is 16.3. The molecular formula is C12H18BrN3O. The van der Waals surface area contributed by atoms with Crippen molar-refractivity contribution in [1.29, 1.82) is 0 Å². The van der Waals surface area contributed by atoms with Crippen LogP contribution in [0.1, 0.15) is 26.7 Å². The first-order valence-electron chi connectivity index (χ1n) is 5.71. The van der Waals surface area contributed by atoms with E-state index in [1.807, 2.05) is 19.9 Å². The average molecular weight is 300 g/mol. The molecule has 94 valence electrons. The normalized spacial score (nSPS) is 11.3. The van der Waals surface area contributed by atoms with Crippen LogP contribution in [0.15, 0.2) is 22.9 Å². The summed E-state index contributed by atoms with van der Waals surface area (Å²) in [5, 5.41) is 2.88. The van der Waals surface area contributed by atoms with Crippen LogP contribution in [0, 0.1) is 5.41 Å². The van der Waals surface area contributed by atoms with Crippen molar-refractivity contribution in [3.63, 3.8) is 0 Å². The van der Waals surface area contributed by atoms with E-state index in [1.165, 1.54) is 0 Å². The minimum Gasteiger partial charge on any atom is -0.329 e. The monoisotopic (exact) mass is 299 g/mol. The van der Waals surface area contributed by atoms with Gasteiger partial charge in [-0.05, 0) is 40.9 Å². The summed E-state index contributed by atoms with van der Waals surface area (Å²) >= 11 is 3.30. The maximum atomic E-state index is 12.2. The number of hydrogen-bond donors (Lipinski definition) is 2. The quantitative estimate of drug-likeness (QED) is 0.821. The molecule has 5 heteroatoms. The number of nitrogens with two attached hydrogens (primary N) is 1. The first-order valence-corrected chi connectivity index (χ1v) is 6.51. The van der Waals surface area contributed by atoms with Crippen LogP contribution < -0.4 is 11.1 Å². The zero-order valence-corrected chi connectivity index (χ0v) is 11.8. The van der Waals surface area contributed by atoms with Gasteiger partial charge in [-0.2, -0.15) is 0 Å². The van der Waals surface area contributed by atoms with Gasteiger partial charge in [-0.3, -0.25) is 4.79 Å². The van der Waals surface area contributed by atoms with Crippen molar-refractivity contribution in [2.75, 3.05) is 11.9 Å². The first-order chi connectivity index (χ1) is 8.09. The van der Waals surface area contributed by atoms with E-state index in [9.17, 15) is 4.79 Å². The summed E-state index contributed by atoms with van der Waals surface area (Å²) in [6.45, 7) is 4.31. The minimum absolute atomic E-state index is 0.0429. The van der Waals surface area contributed by atoms with Crippen LogP contribution in [0.25, 0.3) is 0 Å². The van der Waals surface area contributed by atoms with E-state index in [1.54, 1.807) is 12.3 Å². The number of pyridine rings is 1. The van der Waals surface area contributed by atoms with Gasteiger partial charge in [-0.25, -0.2) is 4.98 Å². The zero-order valence-electron chi connectivity index (χ0n) is 10.2. The number of halogens is 1. The third-order valence-corrected chi connectivity index (χ3v) is 3.87. The number of carbonyl (C=O) groups excluding carboxylic acids is 1. The smallest absolute Gasteiger partial charge is 0.231 e. The van der Waals surface area contributed by atoms with Gasteiger partial charge < -0.3 is 11.1 Å². The Hall–Kier alpha value is -0.940. The highest BCUT2D eigenvalue weighted by molar-refractivity contribution is 9.10. The Bertz CT molecular complexity index is 383. The molecule has 1 aromatic rings. The van der Waals surface area contributed by atoms with E-state index < -0.39 is 5.41 Å². The van der Waals surface area contributed by atoms with Gasteiger partial charge in [0.05, 0.1) is 11.1 Å². The molecule has 1 aromatic heterocycles. The number of amides is 1. The molecule has 0 saturated carbocycles. The Balaban J connectivity index is 2.88. The molecule has 17 heavy (non-hydrogen) atoms. The van der Waals surface area contributed by atoms with Crippen molar-refractivity contribution in [2.24, 2.45) is 11.1 Å². The largest absolute Gasteiger partial charge is 0.329 e. The molecule has 0 aliphatic heterocycles. The van der Waals surface area contributed by atoms with E-state index in [0.717, 1.165) is 12.8 Å². The van der Waals surface area contributed by atoms with Crippen LogP contribution in [0.2, 0.25) is 0 Å². The summed E-state index contributed by atoms with van der Waals surface area (Å²) < 4.78 is 0.631. The summed E-state index contributed by atoms with van der Waals surface area (Å²) in [7, 11) is 0. The third-order valence-electron chi connectivity index (χ3n) is 3.23. The summed E-state index contributed by atoms with van der Waals surface area (Å²) in [5.74, 6) is -0.0429. The number of aromatic nitrogens is 1. The van der Waals surface area contributed by atoms with Crippen LogP contribution >= 0.6 is 15.9 Å². The fourth-order valence-electron chi connectivity index (χ4n) is 1.69. The van der Waals surface area contributed by atoms with Crippen molar-refractivity contribution < 1.29 is 4.79 Å². The molecule has 0 spiro atoms. The minimum atomic E-state index is -0.491. The Morgan fingerprint density at radius 2 is 2.18 bits per heavy atom. The second-order valence-electron chi connectivity index (χ2n) is 3.99. The number of nitrogens with one attached hydrogen (secondary N) is 1. The fraction of sp³-hybridized carbons (Fsp3) is 0.500. The van der Waals surface area contributed by atoms with Crippen molar-refractivity contribution in [2.45, 2.75) is 26.7 Å². The van der Waals surface area contributed by atoms with Crippen LogP contribution in [0.5, 0.6) is 0 Å². The summed E-state index contributed by atoms with van der Waals surface area (Å²) in [5.41, 5.74) is 5.92. The van der Waals surface area contributed by atoms with Gasteiger partial charge in [0, 0.05) is 12.7 Å². The van der Waals surface area contributed by atoms with E-state index in [0.29, 0.717) is 16.8 Å². The molecule has 1 rings (SSSR count). The topological polar surface area (TPSA) is 68.0 Å². The molecule has 0 fully saturated rings. The third kappa shape index (κ3) is 3.04. The van der Waals surface area contributed by atoms with E-state index in [2.05, 4.69) is 26.2 Å². The van der Waals surface area contributed by atoms with Gasteiger partial charge in [-0.1, -0.05) is 13.8 Å². The second kappa shape index (κ2) is 6.12. The highest BCUT2D eigenvalue weighted by Crippen LogP contribution is 2.28. The molecule has 0 aliphatic rings. The van der Waals surface area contributed by atoms with Gasteiger partial charge in [0.1, 0.15) is 4.60 Å². The zero-order chi connectivity index (χ0) is 12.9. The lowest BCUT2D eigenvalue weighted by Gasteiger charge is -2.28. The maximum absolute atomic E-state index is 12.2. The van der Waals surface area contributed by atoms with Gasteiger partial charge in [0.15, 0.2) is 0 Å². The molecule has 0 saturated heterocycles. The number of anilines is 1. The molecule has 0 unspecified atom stereocenters. The lowest BCUT2D eigenvalue weighted by atomic mass is 9.81. The van der Waals surface area contributed by atoms with E-state index in [-0.39, 0.29) is 5.91 Å². The maximum Gasteiger partial charge on any atom is 0.231 e. The van der Waals surface area contributed by atoms with E-state index >= 15 is 0 Å². The lowest BCUT2D eigenvalue weighted by molar-refractivity contribution is -0.125. The number of nitrogens with zero attached hydrogens (tertiary/aromatic N) is 1. The number of carbonyl (C=O) groups is 1. The predicted molar refractivity (Wildman–Crippen MR) is 72.6 cm³/mol. The molecule has 0 aliphatic carbocycles. The number of hydrogen-bond acceptors (Lipinski definition) is 3. The van der Waals surface area contributed by atoms with Crippen LogP contribution in [0.4, 0.5) is 5.69 Å². The fourth-order valence-corrected chi connectivity index (χ4v) is 2.04.